The molecule has 7 heteroatoms. The van der Waals surface area contributed by atoms with Crippen LogP contribution in [0.25, 0.3) is 0 Å². The highest BCUT2D eigenvalue weighted by Gasteiger charge is 2.11. The molecule has 0 fully saturated rings. The van der Waals surface area contributed by atoms with Crippen molar-refractivity contribution < 1.29 is 0 Å². The zero-order valence-electron chi connectivity index (χ0n) is 12.6. The standard InChI is InChI=1S/C14H21N5O2/c1-4-10(3)19-7-6-11(16-19)8-18-13(20)12(15)9-17(5-2)14(18)21/h6-7,9-10H,4-5,8,15H2,1-3H3. The Morgan fingerprint density at radius 2 is 2.05 bits per heavy atom. The quantitative estimate of drug-likeness (QED) is 0.883. The van der Waals surface area contributed by atoms with E-state index in [0.717, 1.165) is 11.0 Å². The highest BCUT2D eigenvalue weighted by Crippen LogP contribution is 2.09. The molecule has 0 aliphatic carbocycles. The largest absolute Gasteiger partial charge is 0.393 e. The van der Waals surface area contributed by atoms with Crippen molar-refractivity contribution in [1.29, 1.82) is 0 Å². The Labute approximate surface area is 122 Å². The van der Waals surface area contributed by atoms with Gasteiger partial charge in [-0.1, -0.05) is 6.92 Å². The Balaban J connectivity index is 2.40. The average Bonchev–Trinajstić information content (AvgIpc) is 2.95. The predicted molar refractivity (Wildman–Crippen MR) is 81.4 cm³/mol. The van der Waals surface area contributed by atoms with Gasteiger partial charge in [-0.05, 0) is 26.3 Å². The number of rotatable bonds is 5. The van der Waals surface area contributed by atoms with Gasteiger partial charge >= 0.3 is 5.69 Å². The molecular formula is C14H21N5O2. The van der Waals surface area contributed by atoms with E-state index in [2.05, 4.69) is 18.9 Å². The van der Waals surface area contributed by atoms with E-state index >= 15 is 0 Å². The SMILES string of the molecule is CCC(C)n1ccc(Cn2c(=O)c(N)cn(CC)c2=O)n1. The molecule has 2 heterocycles. The molecule has 0 saturated carbocycles. The van der Waals surface area contributed by atoms with Gasteiger partial charge in [0.25, 0.3) is 5.56 Å². The smallest absolute Gasteiger partial charge is 0.331 e. The van der Waals surface area contributed by atoms with E-state index in [4.69, 9.17) is 5.73 Å². The first kappa shape index (κ1) is 15.1. The second kappa shape index (κ2) is 5.99. The summed E-state index contributed by atoms with van der Waals surface area (Å²) in [5.74, 6) is 0. The van der Waals surface area contributed by atoms with Crippen LogP contribution < -0.4 is 17.0 Å². The molecule has 2 aromatic heterocycles. The number of nitrogen functional groups attached to an aromatic ring is 1. The maximum Gasteiger partial charge on any atom is 0.331 e. The molecule has 0 aromatic carbocycles. The third kappa shape index (κ3) is 2.91. The number of hydrogen-bond donors (Lipinski definition) is 1. The topological polar surface area (TPSA) is 87.8 Å². The fourth-order valence-electron chi connectivity index (χ4n) is 2.10. The summed E-state index contributed by atoms with van der Waals surface area (Å²) in [4.78, 5) is 24.3. The number of aryl methyl sites for hydroxylation is 1. The second-order valence-electron chi connectivity index (χ2n) is 5.09. The fraction of sp³-hybridized carbons (Fsp3) is 0.500. The molecule has 0 radical (unpaired) electrons. The molecule has 2 aromatic rings. The van der Waals surface area contributed by atoms with Gasteiger partial charge < -0.3 is 5.73 Å². The van der Waals surface area contributed by atoms with Crippen LogP contribution >= 0.6 is 0 Å². The van der Waals surface area contributed by atoms with Gasteiger partial charge in [0.2, 0.25) is 0 Å². The summed E-state index contributed by atoms with van der Waals surface area (Å²) in [7, 11) is 0. The van der Waals surface area contributed by atoms with Crippen LogP contribution in [0, 0.1) is 0 Å². The zero-order chi connectivity index (χ0) is 15.6. The lowest BCUT2D eigenvalue weighted by Gasteiger charge is -2.10. The van der Waals surface area contributed by atoms with Gasteiger partial charge in [-0.25, -0.2) is 4.79 Å². The molecule has 0 saturated heterocycles. The van der Waals surface area contributed by atoms with E-state index in [1.807, 2.05) is 23.9 Å². The summed E-state index contributed by atoms with van der Waals surface area (Å²) >= 11 is 0. The monoisotopic (exact) mass is 291 g/mol. The van der Waals surface area contributed by atoms with E-state index in [1.54, 1.807) is 0 Å². The average molecular weight is 291 g/mol. The Hall–Kier alpha value is -2.31. The van der Waals surface area contributed by atoms with Crippen LogP contribution in [0.5, 0.6) is 0 Å². The molecule has 1 unspecified atom stereocenters. The molecule has 0 aliphatic rings. The molecule has 1 atom stereocenters. The predicted octanol–water partition coefficient (Wildman–Crippen LogP) is 0.828. The van der Waals surface area contributed by atoms with Crippen molar-refractivity contribution in [3.05, 3.63) is 45.0 Å². The number of nitrogens with zero attached hydrogens (tertiary/aromatic N) is 4. The van der Waals surface area contributed by atoms with Crippen LogP contribution in [0.1, 0.15) is 38.9 Å². The maximum atomic E-state index is 12.2. The highest BCUT2D eigenvalue weighted by atomic mass is 16.2. The van der Waals surface area contributed by atoms with Crippen molar-refractivity contribution in [2.45, 2.75) is 46.3 Å². The van der Waals surface area contributed by atoms with Gasteiger partial charge in [0.05, 0.1) is 12.2 Å². The molecule has 114 valence electrons. The van der Waals surface area contributed by atoms with Crippen molar-refractivity contribution in [2.24, 2.45) is 0 Å². The minimum absolute atomic E-state index is 0.0674. The van der Waals surface area contributed by atoms with Crippen LogP contribution in [0.4, 0.5) is 5.69 Å². The summed E-state index contributed by atoms with van der Waals surface area (Å²) in [6.45, 7) is 6.56. The lowest BCUT2D eigenvalue weighted by Crippen LogP contribution is -2.40. The van der Waals surface area contributed by atoms with Crippen molar-refractivity contribution in [1.82, 2.24) is 18.9 Å². The van der Waals surface area contributed by atoms with Crippen molar-refractivity contribution in [3.8, 4) is 0 Å². The third-order valence-electron chi connectivity index (χ3n) is 3.63. The van der Waals surface area contributed by atoms with Gasteiger partial charge in [-0.15, -0.1) is 0 Å². The van der Waals surface area contributed by atoms with E-state index < -0.39 is 5.56 Å². The molecule has 21 heavy (non-hydrogen) atoms. The molecule has 2 rings (SSSR count). The number of aromatic nitrogens is 4. The van der Waals surface area contributed by atoms with Crippen LogP contribution in [0.2, 0.25) is 0 Å². The van der Waals surface area contributed by atoms with Crippen molar-refractivity contribution >= 4 is 5.69 Å². The lowest BCUT2D eigenvalue weighted by atomic mass is 10.3. The van der Waals surface area contributed by atoms with Crippen LogP contribution in [-0.2, 0) is 13.1 Å². The van der Waals surface area contributed by atoms with E-state index in [-0.39, 0.29) is 24.0 Å². The van der Waals surface area contributed by atoms with E-state index in [9.17, 15) is 9.59 Å². The van der Waals surface area contributed by atoms with Gasteiger partial charge in [0.1, 0.15) is 5.69 Å². The molecule has 0 aliphatic heterocycles. The van der Waals surface area contributed by atoms with Crippen LogP contribution in [0.15, 0.2) is 28.0 Å². The first-order valence-electron chi connectivity index (χ1n) is 7.11. The molecule has 0 bridgehead atoms. The number of nitrogens with two attached hydrogens (primary N) is 1. The molecule has 0 amide bonds. The summed E-state index contributed by atoms with van der Waals surface area (Å²) in [5, 5.41) is 4.41. The molecule has 0 spiro atoms. The second-order valence-corrected chi connectivity index (χ2v) is 5.09. The third-order valence-corrected chi connectivity index (χ3v) is 3.63. The lowest BCUT2D eigenvalue weighted by molar-refractivity contribution is 0.470. The summed E-state index contributed by atoms with van der Waals surface area (Å²) in [6, 6.07) is 2.10. The Morgan fingerprint density at radius 1 is 1.33 bits per heavy atom. The van der Waals surface area contributed by atoms with E-state index in [0.29, 0.717) is 12.2 Å². The van der Waals surface area contributed by atoms with Crippen molar-refractivity contribution in [2.75, 3.05) is 5.73 Å². The minimum atomic E-state index is -0.470. The van der Waals surface area contributed by atoms with Crippen LogP contribution in [0.3, 0.4) is 0 Å². The first-order valence-corrected chi connectivity index (χ1v) is 7.11. The fourth-order valence-corrected chi connectivity index (χ4v) is 2.10. The van der Waals surface area contributed by atoms with Gasteiger partial charge in [-0.2, -0.15) is 5.10 Å². The van der Waals surface area contributed by atoms with Crippen molar-refractivity contribution in [3.63, 3.8) is 0 Å². The van der Waals surface area contributed by atoms with Gasteiger partial charge in [0.15, 0.2) is 0 Å². The summed E-state index contributed by atoms with van der Waals surface area (Å²) < 4.78 is 4.38. The molecule has 7 nitrogen and oxygen atoms in total. The van der Waals surface area contributed by atoms with Crippen LogP contribution in [-0.4, -0.2) is 18.9 Å². The maximum absolute atomic E-state index is 12.2. The number of hydrogen-bond acceptors (Lipinski definition) is 4. The Bertz CT molecular complexity index is 741. The van der Waals surface area contributed by atoms with Gasteiger partial charge in [-0.3, -0.25) is 18.6 Å². The van der Waals surface area contributed by atoms with Gasteiger partial charge in [0, 0.05) is 25.0 Å². The molecular weight excluding hydrogens is 270 g/mol. The Kier molecular flexibility index (Phi) is 4.30. The molecule has 2 N–H and O–H groups in total. The summed E-state index contributed by atoms with van der Waals surface area (Å²) in [5.41, 5.74) is 5.58. The number of anilines is 1. The first-order chi connectivity index (χ1) is 9.97. The van der Waals surface area contributed by atoms with E-state index in [1.165, 1.54) is 10.8 Å². The minimum Gasteiger partial charge on any atom is -0.393 e. The zero-order valence-corrected chi connectivity index (χ0v) is 12.6. The Morgan fingerprint density at radius 3 is 2.67 bits per heavy atom. The summed E-state index contributed by atoms with van der Waals surface area (Å²) in [6.07, 6.45) is 4.21. The highest BCUT2D eigenvalue weighted by molar-refractivity contribution is 5.31. The normalized spacial score (nSPS) is 12.5.